The van der Waals surface area contributed by atoms with E-state index in [0.29, 0.717) is 17.3 Å². The van der Waals surface area contributed by atoms with E-state index in [1.165, 1.54) is 24.3 Å². The molecule has 0 bridgehead atoms. The summed E-state index contributed by atoms with van der Waals surface area (Å²) in [4.78, 5) is 13.9. The summed E-state index contributed by atoms with van der Waals surface area (Å²) in [7, 11) is 1.83. The molecular weight excluding hydrogens is 338 g/mol. The van der Waals surface area contributed by atoms with Crippen LogP contribution < -0.4 is 10.1 Å². The first-order valence-corrected chi connectivity index (χ1v) is 7.58. The number of rotatable bonds is 7. The molecule has 0 unspecified atom stereocenters. The Morgan fingerprint density at radius 2 is 1.79 bits per heavy atom. The number of carbonyl (C=O) groups excluding carboxylic acids is 1. The molecule has 0 radical (unpaired) electrons. The summed E-state index contributed by atoms with van der Waals surface area (Å²) < 4.78 is 28.4. The Bertz CT molecular complexity index is 663. The topological polar surface area (TPSA) is 41.6 Å². The lowest BCUT2D eigenvalue weighted by Crippen LogP contribution is -2.29. The second-order valence-corrected chi connectivity index (χ2v) is 5.69. The first-order chi connectivity index (χ1) is 11.4. The number of carbonyl (C=O) groups is 1. The third kappa shape index (κ3) is 6.14. The Balaban J connectivity index is 1.82. The molecule has 0 aliphatic heterocycles. The van der Waals surface area contributed by atoms with Gasteiger partial charge in [-0.2, -0.15) is 8.78 Å². The zero-order chi connectivity index (χ0) is 17.5. The summed E-state index contributed by atoms with van der Waals surface area (Å²) in [6, 6.07) is 13.2. The highest BCUT2D eigenvalue weighted by Crippen LogP contribution is 2.17. The van der Waals surface area contributed by atoms with Crippen LogP contribution in [0.3, 0.4) is 0 Å². The summed E-state index contributed by atoms with van der Waals surface area (Å²) in [5.41, 5.74) is 1.56. The average molecular weight is 355 g/mol. The van der Waals surface area contributed by atoms with Crippen LogP contribution in [-0.2, 0) is 11.3 Å². The Labute approximate surface area is 144 Å². The highest BCUT2D eigenvalue weighted by molar-refractivity contribution is 6.30. The molecule has 0 aromatic heterocycles. The molecule has 0 fully saturated rings. The summed E-state index contributed by atoms with van der Waals surface area (Å²) in [5, 5.41) is 3.37. The van der Waals surface area contributed by atoms with Gasteiger partial charge in [0.2, 0.25) is 5.91 Å². The van der Waals surface area contributed by atoms with Gasteiger partial charge in [-0.3, -0.25) is 9.69 Å². The van der Waals surface area contributed by atoms with E-state index in [0.717, 1.165) is 5.56 Å². The van der Waals surface area contributed by atoms with Gasteiger partial charge in [0.15, 0.2) is 0 Å². The predicted molar refractivity (Wildman–Crippen MR) is 89.5 cm³/mol. The van der Waals surface area contributed by atoms with Gasteiger partial charge in [-0.25, -0.2) is 0 Å². The van der Waals surface area contributed by atoms with Gasteiger partial charge in [0.1, 0.15) is 5.75 Å². The molecule has 0 aliphatic rings. The molecule has 0 heterocycles. The SMILES string of the molecule is CN(CC(=O)Nc1ccc(OC(F)F)cc1)Cc1ccc(Cl)cc1. The molecule has 0 saturated carbocycles. The number of hydrogen-bond acceptors (Lipinski definition) is 3. The van der Waals surface area contributed by atoms with Gasteiger partial charge in [0.25, 0.3) is 0 Å². The van der Waals surface area contributed by atoms with E-state index < -0.39 is 6.61 Å². The normalized spacial score (nSPS) is 10.9. The van der Waals surface area contributed by atoms with Crippen molar-refractivity contribution in [2.75, 3.05) is 18.9 Å². The Morgan fingerprint density at radius 3 is 2.38 bits per heavy atom. The molecule has 24 heavy (non-hydrogen) atoms. The van der Waals surface area contributed by atoms with Crippen LogP contribution in [0.15, 0.2) is 48.5 Å². The van der Waals surface area contributed by atoms with Crippen molar-refractivity contribution in [3.05, 3.63) is 59.1 Å². The van der Waals surface area contributed by atoms with Crippen LogP contribution in [-0.4, -0.2) is 31.0 Å². The van der Waals surface area contributed by atoms with Crippen molar-refractivity contribution in [2.45, 2.75) is 13.2 Å². The zero-order valence-electron chi connectivity index (χ0n) is 13.0. The number of anilines is 1. The number of amides is 1. The van der Waals surface area contributed by atoms with E-state index in [1.807, 2.05) is 24.1 Å². The minimum Gasteiger partial charge on any atom is -0.435 e. The molecule has 7 heteroatoms. The van der Waals surface area contributed by atoms with Crippen molar-refractivity contribution in [2.24, 2.45) is 0 Å². The lowest BCUT2D eigenvalue weighted by atomic mass is 10.2. The number of nitrogens with zero attached hydrogens (tertiary/aromatic N) is 1. The highest BCUT2D eigenvalue weighted by Gasteiger charge is 2.09. The standard InChI is InChI=1S/C17H17ClF2N2O2/c1-22(10-12-2-4-13(18)5-3-12)11-16(23)21-14-6-8-15(9-7-14)24-17(19)20/h2-9,17H,10-11H2,1H3,(H,21,23). The van der Waals surface area contributed by atoms with Gasteiger partial charge in [-0.1, -0.05) is 23.7 Å². The lowest BCUT2D eigenvalue weighted by molar-refractivity contribution is -0.117. The molecular formula is C17H17ClF2N2O2. The molecule has 1 N–H and O–H groups in total. The molecule has 128 valence electrons. The van der Waals surface area contributed by atoms with Gasteiger partial charge < -0.3 is 10.1 Å². The van der Waals surface area contributed by atoms with Crippen molar-refractivity contribution in [3.8, 4) is 5.75 Å². The quantitative estimate of drug-likeness (QED) is 0.816. The van der Waals surface area contributed by atoms with Gasteiger partial charge >= 0.3 is 6.61 Å². The molecule has 0 aliphatic carbocycles. The van der Waals surface area contributed by atoms with Crippen LogP contribution in [0.25, 0.3) is 0 Å². The van der Waals surface area contributed by atoms with Crippen LogP contribution in [0.4, 0.5) is 14.5 Å². The maximum atomic E-state index is 12.1. The predicted octanol–water partition coefficient (Wildman–Crippen LogP) is 4.01. The van der Waals surface area contributed by atoms with E-state index in [2.05, 4.69) is 10.1 Å². The number of ether oxygens (including phenoxy) is 1. The van der Waals surface area contributed by atoms with E-state index in [1.54, 1.807) is 12.1 Å². The Kier molecular flexibility index (Phi) is 6.52. The monoisotopic (exact) mass is 354 g/mol. The minimum atomic E-state index is -2.87. The van der Waals surface area contributed by atoms with E-state index >= 15 is 0 Å². The second kappa shape index (κ2) is 8.61. The third-order valence-electron chi connectivity index (χ3n) is 3.14. The van der Waals surface area contributed by atoms with Crippen molar-refractivity contribution in [1.29, 1.82) is 0 Å². The van der Waals surface area contributed by atoms with Crippen molar-refractivity contribution in [3.63, 3.8) is 0 Å². The van der Waals surface area contributed by atoms with Crippen LogP contribution in [0.1, 0.15) is 5.56 Å². The molecule has 4 nitrogen and oxygen atoms in total. The van der Waals surface area contributed by atoms with Crippen molar-refractivity contribution in [1.82, 2.24) is 4.90 Å². The van der Waals surface area contributed by atoms with Crippen molar-refractivity contribution >= 4 is 23.2 Å². The first-order valence-electron chi connectivity index (χ1n) is 7.20. The number of benzene rings is 2. The largest absolute Gasteiger partial charge is 0.435 e. The second-order valence-electron chi connectivity index (χ2n) is 5.25. The summed E-state index contributed by atoms with van der Waals surface area (Å²) in [6.45, 7) is -2.07. The Morgan fingerprint density at radius 1 is 1.17 bits per heavy atom. The van der Waals surface area contributed by atoms with Crippen LogP contribution in [0, 0.1) is 0 Å². The van der Waals surface area contributed by atoms with Gasteiger partial charge in [-0.15, -0.1) is 0 Å². The van der Waals surface area contributed by atoms with E-state index in [9.17, 15) is 13.6 Å². The Hall–Kier alpha value is -2.18. The fraction of sp³-hybridized carbons (Fsp3) is 0.235. The number of likely N-dealkylation sites (N-methyl/N-ethyl adjacent to an activating group) is 1. The fourth-order valence-corrected chi connectivity index (χ4v) is 2.25. The number of hydrogen-bond donors (Lipinski definition) is 1. The maximum Gasteiger partial charge on any atom is 0.387 e. The molecule has 0 atom stereocenters. The smallest absolute Gasteiger partial charge is 0.387 e. The summed E-state index contributed by atoms with van der Waals surface area (Å²) in [6.07, 6.45) is 0. The van der Waals surface area contributed by atoms with Gasteiger partial charge in [0, 0.05) is 17.3 Å². The summed E-state index contributed by atoms with van der Waals surface area (Å²) in [5.74, 6) is -0.156. The lowest BCUT2D eigenvalue weighted by Gasteiger charge is -2.16. The average Bonchev–Trinajstić information content (AvgIpc) is 2.51. The van der Waals surface area contributed by atoms with Crippen LogP contribution in [0.5, 0.6) is 5.75 Å². The molecule has 2 aromatic rings. The fourth-order valence-electron chi connectivity index (χ4n) is 2.12. The first kappa shape index (κ1) is 18.2. The van der Waals surface area contributed by atoms with Gasteiger partial charge in [-0.05, 0) is 49.0 Å². The molecule has 0 spiro atoms. The number of alkyl halides is 2. The van der Waals surface area contributed by atoms with E-state index in [4.69, 9.17) is 11.6 Å². The van der Waals surface area contributed by atoms with E-state index in [-0.39, 0.29) is 18.2 Å². The molecule has 2 aromatic carbocycles. The third-order valence-corrected chi connectivity index (χ3v) is 3.39. The zero-order valence-corrected chi connectivity index (χ0v) is 13.8. The molecule has 1 amide bonds. The number of halogens is 3. The van der Waals surface area contributed by atoms with Crippen LogP contribution in [0.2, 0.25) is 5.02 Å². The van der Waals surface area contributed by atoms with Crippen LogP contribution >= 0.6 is 11.6 Å². The molecule has 0 saturated heterocycles. The highest BCUT2D eigenvalue weighted by atomic mass is 35.5. The maximum absolute atomic E-state index is 12.1. The summed E-state index contributed by atoms with van der Waals surface area (Å²) >= 11 is 5.83. The van der Waals surface area contributed by atoms with Crippen molar-refractivity contribution < 1.29 is 18.3 Å². The van der Waals surface area contributed by atoms with Gasteiger partial charge in [0.05, 0.1) is 6.54 Å². The number of nitrogens with one attached hydrogen (secondary N) is 1. The molecule has 2 rings (SSSR count). The minimum absolute atomic E-state index is 0.0443.